The van der Waals surface area contributed by atoms with Crippen molar-refractivity contribution in [3.8, 4) is 0 Å². The summed E-state index contributed by atoms with van der Waals surface area (Å²) in [6.07, 6.45) is 1.44. The van der Waals surface area contributed by atoms with E-state index in [0.29, 0.717) is 19.5 Å². The van der Waals surface area contributed by atoms with E-state index in [-0.39, 0.29) is 12.5 Å². The molecule has 0 aromatic carbocycles. The van der Waals surface area contributed by atoms with Crippen LogP contribution in [0, 0.1) is 6.92 Å². The Hall–Kier alpha value is -1.82. The summed E-state index contributed by atoms with van der Waals surface area (Å²) in [6.45, 7) is 3.06. The largest absolute Gasteiger partial charge is 0.480 e. The second kappa shape index (κ2) is 6.09. The fourth-order valence-electron chi connectivity index (χ4n) is 2.48. The highest BCUT2D eigenvalue weighted by molar-refractivity contribution is 5.80. The standard InChI is InChI=1S/C14H20N2O4/c1-10-5-6-11(20-10)8-15(2)13(17)9-16-7-3-4-12(16)14(18)19/h5-6,12H,3-4,7-9H2,1-2H3,(H,18,19). The first-order valence-electron chi connectivity index (χ1n) is 6.73. The van der Waals surface area contributed by atoms with Gasteiger partial charge in [-0.15, -0.1) is 0 Å². The molecule has 1 aromatic rings. The molecule has 0 radical (unpaired) electrons. The zero-order valence-electron chi connectivity index (χ0n) is 11.8. The van der Waals surface area contributed by atoms with Crippen LogP contribution in [0.2, 0.25) is 0 Å². The van der Waals surface area contributed by atoms with E-state index in [0.717, 1.165) is 17.9 Å². The molecule has 1 aliphatic rings. The Labute approximate surface area is 118 Å². The van der Waals surface area contributed by atoms with Crippen molar-refractivity contribution in [1.82, 2.24) is 9.80 Å². The number of nitrogens with zero attached hydrogens (tertiary/aromatic N) is 2. The fourth-order valence-corrected chi connectivity index (χ4v) is 2.48. The number of hydrogen-bond donors (Lipinski definition) is 1. The minimum atomic E-state index is -0.848. The van der Waals surface area contributed by atoms with Crippen molar-refractivity contribution in [2.24, 2.45) is 0 Å². The van der Waals surface area contributed by atoms with E-state index >= 15 is 0 Å². The number of aliphatic carboxylic acids is 1. The third-order valence-electron chi connectivity index (χ3n) is 3.60. The van der Waals surface area contributed by atoms with Crippen LogP contribution in [0.1, 0.15) is 24.4 Å². The van der Waals surface area contributed by atoms with Gasteiger partial charge in [0.05, 0.1) is 13.1 Å². The highest BCUT2D eigenvalue weighted by atomic mass is 16.4. The molecule has 2 rings (SSSR count). The van der Waals surface area contributed by atoms with Crippen molar-refractivity contribution in [2.75, 3.05) is 20.1 Å². The van der Waals surface area contributed by atoms with Gasteiger partial charge in [-0.25, -0.2) is 0 Å². The summed E-state index contributed by atoms with van der Waals surface area (Å²) in [5, 5.41) is 9.09. The molecule has 0 aliphatic carbocycles. The van der Waals surface area contributed by atoms with Crippen molar-refractivity contribution in [3.63, 3.8) is 0 Å². The number of likely N-dealkylation sites (tertiary alicyclic amines) is 1. The van der Waals surface area contributed by atoms with Crippen molar-refractivity contribution in [2.45, 2.75) is 32.4 Å². The van der Waals surface area contributed by atoms with Crippen LogP contribution < -0.4 is 0 Å². The first-order valence-corrected chi connectivity index (χ1v) is 6.73. The molecule has 1 aliphatic heterocycles. The molecule has 2 heterocycles. The smallest absolute Gasteiger partial charge is 0.320 e. The first kappa shape index (κ1) is 14.6. The van der Waals surface area contributed by atoms with Crippen molar-refractivity contribution in [1.29, 1.82) is 0 Å². The molecule has 1 N–H and O–H groups in total. The average molecular weight is 280 g/mol. The number of carbonyl (C=O) groups is 2. The average Bonchev–Trinajstić information content (AvgIpc) is 2.98. The highest BCUT2D eigenvalue weighted by Crippen LogP contribution is 2.17. The molecule has 6 nitrogen and oxygen atoms in total. The summed E-state index contributed by atoms with van der Waals surface area (Å²) in [5.41, 5.74) is 0. The van der Waals surface area contributed by atoms with Crippen LogP contribution in [0.25, 0.3) is 0 Å². The Morgan fingerprint density at radius 2 is 2.25 bits per heavy atom. The van der Waals surface area contributed by atoms with Crippen LogP contribution in [-0.4, -0.2) is 53.0 Å². The Morgan fingerprint density at radius 3 is 2.85 bits per heavy atom. The molecular weight excluding hydrogens is 260 g/mol. The predicted octanol–water partition coefficient (Wildman–Crippen LogP) is 1.10. The molecule has 1 unspecified atom stereocenters. The van der Waals surface area contributed by atoms with Crippen LogP contribution in [0.4, 0.5) is 0 Å². The van der Waals surface area contributed by atoms with Crippen LogP contribution in [0.5, 0.6) is 0 Å². The lowest BCUT2D eigenvalue weighted by molar-refractivity contribution is -0.143. The second-order valence-corrected chi connectivity index (χ2v) is 5.23. The van der Waals surface area contributed by atoms with E-state index in [4.69, 9.17) is 9.52 Å². The molecule has 110 valence electrons. The van der Waals surface area contributed by atoms with E-state index in [1.807, 2.05) is 19.1 Å². The highest BCUT2D eigenvalue weighted by Gasteiger charge is 2.32. The summed E-state index contributed by atoms with van der Waals surface area (Å²) in [4.78, 5) is 26.5. The first-order chi connectivity index (χ1) is 9.47. The van der Waals surface area contributed by atoms with Gasteiger partial charge in [0.25, 0.3) is 0 Å². The number of carboxylic acids is 1. The molecular formula is C14H20N2O4. The second-order valence-electron chi connectivity index (χ2n) is 5.23. The van der Waals surface area contributed by atoms with Gasteiger partial charge < -0.3 is 14.4 Å². The molecule has 0 bridgehead atoms. The van der Waals surface area contributed by atoms with E-state index < -0.39 is 12.0 Å². The summed E-state index contributed by atoms with van der Waals surface area (Å²) in [5.74, 6) is 0.604. The van der Waals surface area contributed by atoms with E-state index in [9.17, 15) is 9.59 Å². The number of likely N-dealkylation sites (N-methyl/N-ethyl adjacent to an activating group) is 1. The number of hydrogen-bond acceptors (Lipinski definition) is 4. The van der Waals surface area contributed by atoms with Crippen molar-refractivity contribution < 1.29 is 19.1 Å². The van der Waals surface area contributed by atoms with Gasteiger partial charge in [-0.1, -0.05) is 0 Å². The summed E-state index contributed by atoms with van der Waals surface area (Å²) in [7, 11) is 1.70. The molecule has 6 heteroatoms. The zero-order chi connectivity index (χ0) is 14.7. The number of amides is 1. The van der Waals surface area contributed by atoms with Gasteiger partial charge in [-0.3, -0.25) is 14.5 Å². The monoisotopic (exact) mass is 280 g/mol. The van der Waals surface area contributed by atoms with E-state index in [1.54, 1.807) is 16.8 Å². The lowest BCUT2D eigenvalue weighted by atomic mass is 10.2. The van der Waals surface area contributed by atoms with Crippen LogP contribution in [0.3, 0.4) is 0 Å². The van der Waals surface area contributed by atoms with E-state index in [2.05, 4.69) is 0 Å². The van der Waals surface area contributed by atoms with Gasteiger partial charge in [0.15, 0.2) is 0 Å². The molecule has 1 amide bonds. The maximum absolute atomic E-state index is 12.1. The van der Waals surface area contributed by atoms with Crippen LogP contribution >= 0.6 is 0 Å². The summed E-state index contributed by atoms with van der Waals surface area (Å²) >= 11 is 0. The Balaban J connectivity index is 1.89. The topological polar surface area (TPSA) is 74.0 Å². The van der Waals surface area contributed by atoms with Gasteiger partial charge in [0.2, 0.25) is 5.91 Å². The maximum Gasteiger partial charge on any atom is 0.320 e. The summed E-state index contributed by atoms with van der Waals surface area (Å²) in [6, 6.07) is 3.17. The number of aryl methyl sites for hydroxylation is 1. The number of furan rings is 1. The quantitative estimate of drug-likeness (QED) is 0.874. The Bertz CT molecular complexity index is 497. The van der Waals surface area contributed by atoms with Crippen LogP contribution in [0.15, 0.2) is 16.5 Å². The maximum atomic E-state index is 12.1. The number of carboxylic acid groups (broad SMARTS) is 1. The minimum absolute atomic E-state index is 0.0906. The predicted molar refractivity (Wildman–Crippen MR) is 72.1 cm³/mol. The van der Waals surface area contributed by atoms with Gasteiger partial charge in [0.1, 0.15) is 17.6 Å². The third-order valence-corrected chi connectivity index (χ3v) is 3.60. The SMILES string of the molecule is Cc1ccc(CN(C)C(=O)CN2CCCC2C(=O)O)o1. The van der Waals surface area contributed by atoms with Crippen molar-refractivity contribution >= 4 is 11.9 Å². The zero-order valence-corrected chi connectivity index (χ0v) is 11.8. The Morgan fingerprint density at radius 1 is 1.50 bits per heavy atom. The molecule has 1 atom stereocenters. The number of rotatable bonds is 5. The van der Waals surface area contributed by atoms with Gasteiger partial charge >= 0.3 is 5.97 Å². The van der Waals surface area contributed by atoms with Crippen LogP contribution in [-0.2, 0) is 16.1 Å². The van der Waals surface area contributed by atoms with Gasteiger partial charge in [-0.2, -0.15) is 0 Å². The Kier molecular flexibility index (Phi) is 4.44. The lowest BCUT2D eigenvalue weighted by Gasteiger charge is -2.23. The van der Waals surface area contributed by atoms with Gasteiger partial charge in [0, 0.05) is 7.05 Å². The lowest BCUT2D eigenvalue weighted by Crippen LogP contribution is -2.43. The molecule has 0 saturated carbocycles. The molecule has 1 fully saturated rings. The molecule has 20 heavy (non-hydrogen) atoms. The molecule has 0 spiro atoms. The molecule has 1 saturated heterocycles. The fraction of sp³-hybridized carbons (Fsp3) is 0.571. The molecule has 1 aromatic heterocycles. The van der Waals surface area contributed by atoms with Crippen molar-refractivity contribution in [3.05, 3.63) is 23.7 Å². The minimum Gasteiger partial charge on any atom is -0.480 e. The number of carbonyl (C=O) groups excluding carboxylic acids is 1. The van der Waals surface area contributed by atoms with Gasteiger partial charge in [-0.05, 0) is 38.4 Å². The third kappa shape index (κ3) is 3.39. The van der Waals surface area contributed by atoms with E-state index in [1.165, 1.54) is 0 Å². The normalized spacial score (nSPS) is 19.2. The summed E-state index contributed by atoms with van der Waals surface area (Å²) < 4.78 is 5.43.